The minimum Gasteiger partial charge on any atom is -0.469 e. The molecule has 0 saturated heterocycles. The number of methoxy groups -OCH3 is 1. The summed E-state index contributed by atoms with van der Waals surface area (Å²) < 4.78 is 30.4. The number of carbonyl (C=O) groups excluding carboxylic acids is 1. The van der Waals surface area contributed by atoms with Gasteiger partial charge >= 0.3 is 5.97 Å². The monoisotopic (exact) mass is 322 g/mol. The molecule has 0 aromatic carbocycles. The number of rotatable bonds is 6. The van der Waals surface area contributed by atoms with Crippen LogP contribution < -0.4 is 0 Å². The molecule has 0 radical (unpaired) electrons. The molecule has 0 aliphatic heterocycles. The average molecular weight is 323 g/mol. The predicted octanol–water partition coefficient (Wildman–Crippen LogP) is 1.59. The SMILES string of the molecule is CCn1nc(C)c(Cl)c1CS(=O)(=O)CC(C)C(=O)OC. The normalized spacial score (nSPS) is 13.2. The van der Waals surface area contributed by atoms with Crippen LogP contribution in [0.25, 0.3) is 0 Å². The van der Waals surface area contributed by atoms with E-state index in [-0.39, 0.29) is 11.5 Å². The van der Waals surface area contributed by atoms with Gasteiger partial charge in [0.15, 0.2) is 9.84 Å². The Morgan fingerprint density at radius 3 is 2.60 bits per heavy atom. The highest BCUT2D eigenvalue weighted by Gasteiger charge is 2.25. The molecule has 20 heavy (non-hydrogen) atoms. The van der Waals surface area contributed by atoms with Gasteiger partial charge in [0, 0.05) is 6.54 Å². The number of ether oxygens (including phenoxy) is 1. The van der Waals surface area contributed by atoms with Crippen LogP contribution in [0.1, 0.15) is 25.2 Å². The van der Waals surface area contributed by atoms with E-state index >= 15 is 0 Å². The predicted molar refractivity (Wildman–Crippen MR) is 76.3 cm³/mol. The summed E-state index contributed by atoms with van der Waals surface area (Å²) >= 11 is 6.09. The first kappa shape index (κ1) is 17.0. The molecule has 0 aliphatic carbocycles. The topological polar surface area (TPSA) is 78.3 Å². The van der Waals surface area contributed by atoms with Crippen LogP contribution >= 0.6 is 11.6 Å². The molecule has 8 heteroatoms. The lowest BCUT2D eigenvalue weighted by atomic mass is 10.2. The van der Waals surface area contributed by atoms with Crippen LogP contribution in [0.3, 0.4) is 0 Å². The number of aromatic nitrogens is 2. The van der Waals surface area contributed by atoms with Crippen molar-refractivity contribution >= 4 is 27.4 Å². The van der Waals surface area contributed by atoms with Gasteiger partial charge in [0.2, 0.25) is 0 Å². The van der Waals surface area contributed by atoms with Gasteiger partial charge in [0.1, 0.15) is 0 Å². The zero-order valence-electron chi connectivity index (χ0n) is 12.0. The summed E-state index contributed by atoms with van der Waals surface area (Å²) in [6, 6.07) is 0. The van der Waals surface area contributed by atoms with Gasteiger partial charge in [-0.05, 0) is 13.8 Å². The van der Waals surface area contributed by atoms with Gasteiger partial charge in [-0.1, -0.05) is 18.5 Å². The molecule has 0 aliphatic rings. The van der Waals surface area contributed by atoms with E-state index in [1.807, 2.05) is 6.92 Å². The molecule has 1 atom stereocenters. The van der Waals surface area contributed by atoms with Gasteiger partial charge in [-0.25, -0.2) is 8.42 Å². The van der Waals surface area contributed by atoms with Crippen LogP contribution in [0, 0.1) is 12.8 Å². The van der Waals surface area contributed by atoms with E-state index in [1.165, 1.54) is 14.0 Å². The third kappa shape index (κ3) is 3.96. The molecule has 0 spiro atoms. The maximum Gasteiger partial charge on any atom is 0.309 e. The molecule has 0 fully saturated rings. The number of carbonyl (C=O) groups is 1. The van der Waals surface area contributed by atoms with Crippen molar-refractivity contribution in [2.75, 3.05) is 12.9 Å². The molecule has 0 bridgehead atoms. The molecular formula is C12H19ClN2O4S. The Morgan fingerprint density at radius 2 is 2.10 bits per heavy atom. The van der Waals surface area contributed by atoms with Crippen molar-refractivity contribution in [2.24, 2.45) is 5.92 Å². The summed E-state index contributed by atoms with van der Waals surface area (Å²) in [5.41, 5.74) is 1.06. The van der Waals surface area contributed by atoms with E-state index in [0.717, 1.165) is 0 Å². The van der Waals surface area contributed by atoms with E-state index in [9.17, 15) is 13.2 Å². The molecule has 0 N–H and O–H groups in total. The van der Waals surface area contributed by atoms with E-state index in [2.05, 4.69) is 9.84 Å². The van der Waals surface area contributed by atoms with Crippen LogP contribution in [0.2, 0.25) is 5.02 Å². The first-order chi connectivity index (χ1) is 9.21. The number of esters is 1. The molecule has 1 heterocycles. The van der Waals surface area contributed by atoms with Gasteiger partial charge in [-0.15, -0.1) is 0 Å². The average Bonchev–Trinajstić information content (AvgIpc) is 2.64. The maximum absolute atomic E-state index is 12.2. The first-order valence-corrected chi connectivity index (χ1v) is 8.41. The summed E-state index contributed by atoms with van der Waals surface area (Å²) in [6.45, 7) is 5.63. The van der Waals surface area contributed by atoms with Gasteiger partial charge in [-0.2, -0.15) is 5.10 Å². The van der Waals surface area contributed by atoms with Crippen LogP contribution in [0.4, 0.5) is 0 Å². The Labute approximate surface area is 124 Å². The zero-order chi connectivity index (χ0) is 15.5. The molecule has 6 nitrogen and oxygen atoms in total. The number of nitrogens with zero attached hydrogens (tertiary/aromatic N) is 2. The lowest BCUT2D eigenvalue weighted by Crippen LogP contribution is -2.24. The molecule has 1 aromatic rings. The second-order valence-corrected chi connectivity index (χ2v) is 7.13. The molecular weight excluding hydrogens is 304 g/mol. The van der Waals surface area contributed by atoms with E-state index < -0.39 is 21.7 Å². The summed E-state index contributed by atoms with van der Waals surface area (Å²) in [6.07, 6.45) is 0. The van der Waals surface area contributed by atoms with Gasteiger partial charge in [-0.3, -0.25) is 9.48 Å². The molecule has 0 saturated carbocycles. The Balaban J connectivity index is 2.94. The number of halogens is 1. The van der Waals surface area contributed by atoms with Crippen molar-refractivity contribution in [3.05, 3.63) is 16.4 Å². The van der Waals surface area contributed by atoms with Crippen molar-refractivity contribution in [2.45, 2.75) is 33.1 Å². The Morgan fingerprint density at radius 1 is 1.50 bits per heavy atom. The van der Waals surface area contributed by atoms with Gasteiger partial charge < -0.3 is 4.74 Å². The third-order valence-corrected chi connectivity index (χ3v) is 5.13. The van der Waals surface area contributed by atoms with Crippen LogP contribution in [0.15, 0.2) is 0 Å². The Bertz CT molecular complexity index is 595. The Hall–Kier alpha value is -1.08. The first-order valence-electron chi connectivity index (χ1n) is 6.21. The third-order valence-electron chi connectivity index (χ3n) is 2.92. The summed E-state index contributed by atoms with van der Waals surface area (Å²) in [4.78, 5) is 11.3. The number of hydrogen-bond acceptors (Lipinski definition) is 5. The molecule has 1 unspecified atom stereocenters. The minimum atomic E-state index is -3.48. The van der Waals surface area contributed by atoms with Crippen LogP contribution in [-0.2, 0) is 31.7 Å². The molecule has 114 valence electrons. The van der Waals surface area contributed by atoms with E-state index in [1.54, 1.807) is 11.6 Å². The van der Waals surface area contributed by atoms with Crippen molar-refractivity contribution in [3.8, 4) is 0 Å². The largest absolute Gasteiger partial charge is 0.469 e. The molecule has 0 amide bonds. The molecule has 1 rings (SSSR count). The highest BCUT2D eigenvalue weighted by molar-refractivity contribution is 7.90. The van der Waals surface area contributed by atoms with Crippen LogP contribution in [-0.4, -0.2) is 37.0 Å². The summed E-state index contributed by atoms with van der Waals surface area (Å²) in [5, 5.41) is 4.53. The Kier molecular flexibility index (Phi) is 5.59. The lowest BCUT2D eigenvalue weighted by Gasteiger charge is -2.11. The summed E-state index contributed by atoms with van der Waals surface area (Å²) in [5.74, 6) is -1.76. The highest BCUT2D eigenvalue weighted by Crippen LogP contribution is 2.23. The van der Waals surface area contributed by atoms with Crippen molar-refractivity contribution in [3.63, 3.8) is 0 Å². The summed E-state index contributed by atoms with van der Waals surface area (Å²) in [7, 11) is -2.24. The highest BCUT2D eigenvalue weighted by atomic mass is 35.5. The fourth-order valence-electron chi connectivity index (χ4n) is 1.92. The van der Waals surface area contributed by atoms with Crippen LogP contribution in [0.5, 0.6) is 0 Å². The van der Waals surface area contributed by atoms with Gasteiger partial charge in [0.05, 0.1) is 40.9 Å². The standard InChI is InChI=1S/C12H19ClN2O4S/c1-5-15-10(11(13)9(3)14-15)7-20(17,18)6-8(2)12(16)19-4/h8H,5-7H2,1-4H3. The van der Waals surface area contributed by atoms with E-state index in [0.29, 0.717) is 23.0 Å². The van der Waals surface area contributed by atoms with Crippen molar-refractivity contribution in [1.82, 2.24) is 9.78 Å². The fraction of sp³-hybridized carbons (Fsp3) is 0.667. The lowest BCUT2D eigenvalue weighted by molar-refractivity contribution is -0.144. The van der Waals surface area contributed by atoms with Crippen molar-refractivity contribution in [1.29, 1.82) is 0 Å². The second kappa shape index (κ2) is 6.58. The molecule has 1 aromatic heterocycles. The fourth-order valence-corrected chi connectivity index (χ4v) is 3.93. The number of sulfone groups is 1. The van der Waals surface area contributed by atoms with E-state index in [4.69, 9.17) is 11.6 Å². The second-order valence-electron chi connectivity index (χ2n) is 4.64. The van der Waals surface area contributed by atoms with Crippen molar-refractivity contribution < 1.29 is 17.9 Å². The van der Waals surface area contributed by atoms with Gasteiger partial charge in [0.25, 0.3) is 0 Å². The maximum atomic E-state index is 12.2. The number of hydrogen-bond donors (Lipinski definition) is 0. The minimum absolute atomic E-state index is 0.234. The quantitative estimate of drug-likeness (QED) is 0.743. The number of aryl methyl sites for hydroxylation is 2. The smallest absolute Gasteiger partial charge is 0.309 e. The zero-order valence-corrected chi connectivity index (χ0v) is 13.6.